The fourth-order valence-electron chi connectivity index (χ4n) is 3.06. The van der Waals surface area contributed by atoms with Crippen molar-refractivity contribution >= 4 is 23.2 Å². The van der Waals surface area contributed by atoms with Crippen LogP contribution in [-0.2, 0) is 9.59 Å². The van der Waals surface area contributed by atoms with Gasteiger partial charge in [-0.3, -0.25) is 9.59 Å². The zero-order valence-corrected chi connectivity index (χ0v) is 15.9. The van der Waals surface area contributed by atoms with Crippen LogP contribution in [0, 0.1) is 5.92 Å². The smallest absolute Gasteiger partial charge is 0.229 e. The summed E-state index contributed by atoms with van der Waals surface area (Å²) < 4.78 is 10.8. The lowest BCUT2D eigenvalue weighted by Crippen LogP contribution is -2.28. The van der Waals surface area contributed by atoms with Crippen molar-refractivity contribution in [3.63, 3.8) is 0 Å². The van der Waals surface area contributed by atoms with E-state index in [9.17, 15) is 9.59 Å². The lowest BCUT2D eigenvalue weighted by Gasteiger charge is -2.17. The van der Waals surface area contributed by atoms with Gasteiger partial charge < -0.3 is 19.7 Å². The highest BCUT2D eigenvalue weighted by Crippen LogP contribution is 2.28. The molecule has 2 aromatic carbocycles. The van der Waals surface area contributed by atoms with Crippen LogP contribution < -0.4 is 19.7 Å². The van der Waals surface area contributed by atoms with Gasteiger partial charge in [0.2, 0.25) is 11.8 Å². The van der Waals surface area contributed by atoms with Crippen LogP contribution in [0.3, 0.4) is 0 Å². The molecule has 0 spiro atoms. The first kappa shape index (κ1) is 19.5. The lowest BCUT2D eigenvalue weighted by atomic mass is 10.1. The van der Waals surface area contributed by atoms with Gasteiger partial charge in [-0.1, -0.05) is 12.7 Å². The number of benzene rings is 2. The van der Waals surface area contributed by atoms with E-state index in [-0.39, 0.29) is 18.2 Å². The number of amides is 2. The van der Waals surface area contributed by atoms with Crippen molar-refractivity contribution < 1.29 is 19.1 Å². The van der Waals surface area contributed by atoms with Gasteiger partial charge in [0.1, 0.15) is 18.1 Å². The summed E-state index contributed by atoms with van der Waals surface area (Å²) in [7, 11) is 0. The van der Waals surface area contributed by atoms with Crippen LogP contribution >= 0.6 is 0 Å². The van der Waals surface area contributed by atoms with Crippen molar-refractivity contribution in [1.82, 2.24) is 0 Å². The van der Waals surface area contributed by atoms with Crippen molar-refractivity contribution in [2.75, 3.05) is 30.0 Å². The van der Waals surface area contributed by atoms with E-state index in [4.69, 9.17) is 9.47 Å². The Morgan fingerprint density at radius 3 is 2.43 bits per heavy atom. The summed E-state index contributed by atoms with van der Waals surface area (Å²) in [6, 6.07) is 14.5. The second-order valence-electron chi connectivity index (χ2n) is 6.45. The van der Waals surface area contributed by atoms with E-state index in [0.717, 1.165) is 11.4 Å². The summed E-state index contributed by atoms with van der Waals surface area (Å²) in [5, 5.41) is 2.87. The Morgan fingerprint density at radius 1 is 1.14 bits per heavy atom. The van der Waals surface area contributed by atoms with Crippen molar-refractivity contribution in [2.45, 2.75) is 13.3 Å². The minimum Gasteiger partial charge on any atom is -0.494 e. The van der Waals surface area contributed by atoms with Crippen LogP contribution in [0.25, 0.3) is 0 Å². The van der Waals surface area contributed by atoms with Gasteiger partial charge in [0.15, 0.2) is 0 Å². The van der Waals surface area contributed by atoms with Crippen LogP contribution in [0.2, 0.25) is 0 Å². The summed E-state index contributed by atoms with van der Waals surface area (Å²) in [4.78, 5) is 26.6. The van der Waals surface area contributed by atoms with Gasteiger partial charge in [0, 0.05) is 24.3 Å². The van der Waals surface area contributed by atoms with Crippen LogP contribution in [0.15, 0.2) is 61.2 Å². The fraction of sp³-hybridized carbons (Fsp3) is 0.273. The average Bonchev–Trinajstić information content (AvgIpc) is 3.10. The third-order valence-electron chi connectivity index (χ3n) is 4.44. The molecule has 6 nitrogen and oxygen atoms in total. The number of ether oxygens (including phenoxy) is 2. The molecule has 1 fully saturated rings. The zero-order valence-electron chi connectivity index (χ0n) is 15.9. The molecule has 0 aromatic heterocycles. The van der Waals surface area contributed by atoms with E-state index < -0.39 is 5.92 Å². The Kier molecular flexibility index (Phi) is 6.32. The molecule has 2 aromatic rings. The maximum Gasteiger partial charge on any atom is 0.229 e. The van der Waals surface area contributed by atoms with Gasteiger partial charge in [-0.25, -0.2) is 0 Å². The molecular weight excluding hydrogens is 356 g/mol. The van der Waals surface area contributed by atoms with Crippen LogP contribution in [0.5, 0.6) is 11.5 Å². The Balaban J connectivity index is 1.59. The van der Waals surface area contributed by atoms with E-state index in [2.05, 4.69) is 11.9 Å². The van der Waals surface area contributed by atoms with Crippen molar-refractivity contribution in [3.8, 4) is 11.5 Å². The molecule has 1 aliphatic rings. The molecule has 1 unspecified atom stereocenters. The Bertz CT molecular complexity index is 831. The third-order valence-corrected chi connectivity index (χ3v) is 4.44. The number of rotatable bonds is 8. The molecule has 3 rings (SSSR count). The molecule has 6 heteroatoms. The first-order valence-corrected chi connectivity index (χ1v) is 9.28. The molecule has 0 saturated carbocycles. The van der Waals surface area contributed by atoms with E-state index in [0.29, 0.717) is 31.2 Å². The molecule has 1 saturated heterocycles. The number of carbonyl (C=O) groups is 2. The molecular formula is C22H24N2O4. The summed E-state index contributed by atoms with van der Waals surface area (Å²) in [6.07, 6.45) is 1.86. The van der Waals surface area contributed by atoms with Gasteiger partial charge in [-0.2, -0.15) is 0 Å². The molecule has 0 radical (unpaired) electrons. The Hall–Kier alpha value is -3.28. The molecule has 1 atom stereocenters. The first-order valence-electron chi connectivity index (χ1n) is 9.28. The highest BCUT2D eigenvalue weighted by atomic mass is 16.5. The van der Waals surface area contributed by atoms with Gasteiger partial charge >= 0.3 is 0 Å². The number of carbonyl (C=O) groups excluding carboxylic acids is 2. The average molecular weight is 380 g/mol. The predicted octanol–water partition coefficient (Wildman–Crippen LogP) is 3.64. The van der Waals surface area contributed by atoms with Crippen LogP contribution in [0.1, 0.15) is 13.3 Å². The van der Waals surface area contributed by atoms with E-state index in [1.165, 1.54) is 0 Å². The Labute approximate surface area is 164 Å². The van der Waals surface area contributed by atoms with Crippen molar-refractivity contribution in [1.29, 1.82) is 0 Å². The second-order valence-corrected chi connectivity index (χ2v) is 6.45. The first-order chi connectivity index (χ1) is 13.6. The normalized spacial score (nSPS) is 16.0. The molecule has 146 valence electrons. The topological polar surface area (TPSA) is 67.9 Å². The summed E-state index contributed by atoms with van der Waals surface area (Å²) in [5.41, 5.74) is 1.44. The highest BCUT2D eigenvalue weighted by molar-refractivity contribution is 6.03. The monoisotopic (exact) mass is 380 g/mol. The maximum atomic E-state index is 12.6. The predicted molar refractivity (Wildman–Crippen MR) is 109 cm³/mol. The number of anilines is 2. The van der Waals surface area contributed by atoms with Gasteiger partial charge in [0.05, 0.1) is 12.5 Å². The van der Waals surface area contributed by atoms with E-state index in [1.54, 1.807) is 35.2 Å². The molecule has 1 aliphatic heterocycles. The third kappa shape index (κ3) is 4.71. The quantitative estimate of drug-likeness (QED) is 0.710. The van der Waals surface area contributed by atoms with Gasteiger partial charge in [-0.15, -0.1) is 0 Å². The summed E-state index contributed by atoms with van der Waals surface area (Å²) in [5.74, 6) is 0.845. The largest absolute Gasteiger partial charge is 0.494 e. The minimum absolute atomic E-state index is 0.0579. The van der Waals surface area contributed by atoms with Crippen LogP contribution in [0.4, 0.5) is 11.4 Å². The maximum absolute atomic E-state index is 12.6. The lowest BCUT2D eigenvalue weighted by molar-refractivity contribution is -0.122. The van der Waals surface area contributed by atoms with E-state index in [1.807, 2.05) is 31.2 Å². The summed E-state index contributed by atoms with van der Waals surface area (Å²) >= 11 is 0. The van der Waals surface area contributed by atoms with Crippen molar-refractivity contribution in [2.24, 2.45) is 5.92 Å². The fourth-order valence-corrected chi connectivity index (χ4v) is 3.06. The zero-order chi connectivity index (χ0) is 19.9. The molecule has 1 heterocycles. The van der Waals surface area contributed by atoms with Crippen molar-refractivity contribution in [3.05, 3.63) is 61.2 Å². The SMILES string of the molecule is C=CCOc1ccc(NC(=O)C2CC(=O)N(c3ccc(OCC)cc3)C2)cc1. The highest BCUT2D eigenvalue weighted by Gasteiger charge is 2.35. The second kappa shape index (κ2) is 9.08. The van der Waals surface area contributed by atoms with Crippen LogP contribution in [-0.4, -0.2) is 31.6 Å². The molecule has 0 bridgehead atoms. The summed E-state index contributed by atoms with van der Waals surface area (Å²) in [6.45, 7) is 6.90. The molecule has 2 amide bonds. The standard InChI is InChI=1S/C22H24N2O4/c1-3-13-28-20-9-5-17(6-10-20)23-22(26)16-14-21(25)24(15-16)18-7-11-19(12-8-18)27-4-2/h3,5-12,16H,1,4,13-15H2,2H3,(H,23,26). The van der Waals surface area contributed by atoms with Gasteiger partial charge in [-0.05, 0) is 55.5 Å². The number of nitrogens with zero attached hydrogens (tertiary/aromatic N) is 1. The molecule has 0 aliphatic carbocycles. The number of hydrogen-bond donors (Lipinski definition) is 1. The van der Waals surface area contributed by atoms with E-state index >= 15 is 0 Å². The number of hydrogen-bond acceptors (Lipinski definition) is 4. The van der Waals surface area contributed by atoms with Gasteiger partial charge in [0.25, 0.3) is 0 Å². The minimum atomic E-state index is -0.393. The molecule has 1 N–H and O–H groups in total. The molecule has 28 heavy (non-hydrogen) atoms. The number of nitrogens with one attached hydrogen (secondary N) is 1. The Morgan fingerprint density at radius 2 is 1.79 bits per heavy atom.